The molecule has 0 unspecified atom stereocenters. The predicted octanol–water partition coefficient (Wildman–Crippen LogP) is 4.30. The maximum Gasteiger partial charge on any atom is 0.189 e. The third-order valence-corrected chi connectivity index (χ3v) is 3.89. The molecule has 0 aliphatic heterocycles. The molecule has 2 aromatic rings. The quantitative estimate of drug-likeness (QED) is 0.671. The fourth-order valence-electron chi connectivity index (χ4n) is 1.30. The van der Waals surface area contributed by atoms with Gasteiger partial charge in [-0.15, -0.1) is 11.8 Å². The number of carbonyl (C=O) groups excluding carboxylic acids is 1. The molecule has 5 heteroatoms. The molecule has 0 atom stereocenters. The van der Waals surface area contributed by atoms with Crippen molar-refractivity contribution < 1.29 is 4.79 Å². The first-order valence-corrected chi connectivity index (χ1v) is 6.65. The Bertz CT molecular complexity index is 525. The Morgan fingerprint density at radius 1 is 1.24 bits per heavy atom. The van der Waals surface area contributed by atoms with Crippen molar-refractivity contribution in [3.63, 3.8) is 0 Å². The zero-order valence-corrected chi connectivity index (χ0v) is 11.1. The predicted molar refractivity (Wildman–Crippen MR) is 72.3 cm³/mol. The molecule has 0 saturated carbocycles. The van der Waals surface area contributed by atoms with Crippen LogP contribution in [0, 0.1) is 0 Å². The summed E-state index contributed by atoms with van der Waals surface area (Å²) in [5.41, 5.74) is 0.623. The first kappa shape index (κ1) is 12.6. The Morgan fingerprint density at radius 3 is 2.71 bits per heavy atom. The summed E-state index contributed by atoms with van der Waals surface area (Å²) >= 11 is 13.1. The normalized spacial score (nSPS) is 10.5. The number of Topliss-reactive ketones (excluding diaryl/α,β-unsaturated/α-hetero) is 1. The van der Waals surface area contributed by atoms with E-state index < -0.39 is 0 Å². The maximum atomic E-state index is 11.7. The summed E-state index contributed by atoms with van der Waals surface area (Å²) in [5, 5.41) is 1.02. The number of hydrogen-bond donors (Lipinski definition) is 1. The molecule has 0 bridgehead atoms. The number of ketones is 1. The van der Waals surface area contributed by atoms with Gasteiger partial charge in [0.05, 0.1) is 21.5 Å². The monoisotopic (exact) mass is 285 g/mol. The molecule has 17 heavy (non-hydrogen) atoms. The lowest BCUT2D eigenvalue weighted by Gasteiger charge is -2.02. The Labute approximate surface area is 113 Å². The minimum atomic E-state index is 0.0612. The highest BCUT2D eigenvalue weighted by atomic mass is 35.5. The molecule has 0 spiro atoms. The molecule has 0 amide bonds. The van der Waals surface area contributed by atoms with Gasteiger partial charge in [-0.25, -0.2) is 0 Å². The van der Waals surface area contributed by atoms with Crippen LogP contribution in [0.2, 0.25) is 10.0 Å². The lowest BCUT2D eigenvalue weighted by molar-refractivity contribution is 0.101. The number of carbonyl (C=O) groups is 1. The Hall–Kier alpha value is -0.900. The van der Waals surface area contributed by atoms with Gasteiger partial charge in [-0.05, 0) is 30.3 Å². The van der Waals surface area contributed by atoms with Crippen LogP contribution in [0.5, 0.6) is 0 Å². The Kier molecular flexibility index (Phi) is 4.15. The van der Waals surface area contributed by atoms with Gasteiger partial charge in [-0.1, -0.05) is 23.2 Å². The van der Waals surface area contributed by atoms with Gasteiger partial charge < -0.3 is 4.98 Å². The summed E-state index contributed by atoms with van der Waals surface area (Å²) in [6.45, 7) is 0. The van der Waals surface area contributed by atoms with Gasteiger partial charge in [0.2, 0.25) is 0 Å². The standard InChI is InChI=1S/C12H9Cl2NOS/c13-9-4-3-8(6-10(9)14)17-7-12(16)11-2-1-5-15-11/h1-6,15H,7H2. The summed E-state index contributed by atoms with van der Waals surface area (Å²) in [4.78, 5) is 15.5. The number of nitrogens with one attached hydrogen (secondary N) is 1. The van der Waals surface area contributed by atoms with E-state index in [1.54, 1.807) is 30.5 Å². The minimum Gasteiger partial charge on any atom is -0.359 e. The van der Waals surface area contributed by atoms with Crippen LogP contribution in [-0.4, -0.2) is 16.5 Å². The molecule has 0 saturated heterocycles. The number of H-pyrrole nitrogens is 1. The first-order valence-electron chi connectivity index (χ1n) is 4.91. The lowest BCUT2D eigenvalue weighted by Crippen LogP contribution is -2.02. The van der Waals surface area contributed by atoms with E-state index in [0.717, 1.165) is 4.90 Å². The molecule has 0 aliphatic carbocycles. The van der Waals surface area contributed by atoms with Crippen LogP contribution in [0.4, 0.5) is 0 Å². The van der Waals surface area contributed by atoms with Crippen molar-refractivity contribution >= 4 is 40.7 Å². The number of benzene rings is 1. The van der Waals surface area contributed by atoms with E-state index in [9.17, 15) is 4.79 Å². The summed E-state index contributed by atoms with van der Waals surface area (Å²) in [6.07, 6.45) is 1.73. The molecule has 2 rings (SSSR count). The molecule has 2 nitrogen and oxygen atoms in total. The molecule has 1 aromatic carbocycles. The van der Waals surface area contributed by atoms with Crippen molar-refractivity contribution in [2.24, 2.45) is 0 Å². The topological polar surface area (TPSA) is 32.9 Å². The second-order valence-corrected chi connectivity index (χ2v) is 5.23. The van der Waals surface area contributed by atoms with Crippen LogP contribution in [-0.2, 0) is 0 Å². The van der Waals surface area contributed by atoms with E-state index in [1.807, 2.05) is 6.07 Å². The highest BCUT2D eigenvalue weighted by Crippen LogP contribution is 2.28. The Morgan fingerprint density at radius 2 is 2.06 bits per heavy atom. The van der Waals surface area contributed by atoms with Gasteiger partial charge >= 0.3 is 0 Å². The van der Waals surface area contributed by atoms with Crippen LogP contribution in [0.15, 0.2) is 41.4 Å². The third kappa shape index (κ3) is 3.28. The van der Waals surface area contributed by atoms with Gasteiger partial charge in [0, 0.05) is 11.1 Å². The van der Waals surface area contributed by atoms with E-state index in [0.29, 0.717) is 21.5 Å². The highest BCUT2D eigenvalue weighted by Gasteiger charge is 2.07. The molecule has 0 radical (unpaired) electrons. The second-order valence-electron chi connectivity index (χ2n) is 3.37. The summed E-state index contributed by atoms with van der Waals surface area (Å²) in [6, 6.07) is 8.90. The molecule has 0 aliphatic rings. The van der Waals surface area contributed by atoms with Crippen molar-refractivity contribution in [2.45, 2.75) is 4.90 Å². The number of thioether (sulfide) groups is 1. The van der Waals surface area contributed by atoms with E-state index in [4.69, 9.17) is 23.2 Å². The Balaban J connectivity index is 1.98. The van der Waals surface area contributed by atoms with Gasteiger partial charge in [0.1, 0.15) is 0 Å². The van der Waals surface area contributed by atoms with Crippen molar-refractivity contribution in [2.75, 3.05) is 5.75 Å². The summed E-state index contributed by atoms with van der Waals surface area (Å²) in [5.74, 6) is 0.435. The number of rotatable bonds is 4. The van der Waals surface area contributed by atoms with Crippen LogP contribution in [0.1, 0.15) is 10.5 Å². The zero-order valence-electron chi connectivity index (χ0n) is 8.74. The summed E-state index contributed by atoms with van der Waals surface area (Å²) < 4.78 is 0. The SMILES string of the molecule is O=C(CSc1ccc(Cl)c(Cl)c1)c1ccc[nH]1. The van der Waals surface area contributed by atoms with Crippen LogP contribution < -0.4 is 0 Å². The van der Waals surface area contributed by atoms with Gasteiger partial charge in [0.25, 0.3) is 0 Å². The molecule has 1 heterocycles. The molecular weight excluding hydrogens is 277 g/mol. The maximum absolute atomic E-state index is 11.7. The van der Waals surface area contributed by atoms with Gasteiger partial charge in [-0.2, -0.15) is 0 Å². The van der Waals surface area contributed by atoms with Crippen molar-refractivity contribution in [3.8, 4) is 0 Å². The number of aromatic amines is 1. The van der Waals surface area contributed by atoms with Crippen LogP contribution in [0.3, 0.4) is 0 Å². The van der Waals surface area contributed by atoms with Crippen molar-refractivity contribution in [1.29, 1.82) is 0 Å². The van der Waals surface area contributed by atoms with Gasteiger partial charge in [0.15, 0.2) is 5.78 Å². The van der Waals surface area contributed by atoms with Crippen molar-refractivity contribution in [1.82, 2.24) is 4.98 Å². The number of aromatic nitrogens is 1. The third-order valence-electron chi connectivity index (χ3n) is 2.16. The van der Waals surface area contributed by atoms with Crippen LogP contribution in [0.25, 0.3) is 0 Å². The molecule has 88 valence electrons. The lowest BCUT2D eigenvalue weighted by atomic mass is 10.3. The minimum absolute atomic E-state index is 0.0612. The fourth-order valence-corrected chi connectivity index (χ4v) is 2.48. The fraction of sp³-hybridized carbons (Fsp3) is 0.0833. The molecule has 1 aromatic heterocycles. The van der Waals surface area contributed by atoms with E-state index >= 15 is 0 Å². The van der Waals surface area contributed by atoms with Gasteiger partial charge in [-0.3, -0.25) is 4.79 Å². The first-order chi connectivity index (χ1) is 8.16. The number of halogens is 2. The highest BCUT2D eigenvalue weighted by molar-refractivity contribution is 8.00. The molecule has 0 fully saturated rings. The second kappa shape index (κ2) is 5.63. The average Bonchev–Trinajstić information content (AvgIpc) is 2.84. The summed E-state index contributed by atoms with van der Waals surface area (Å²) in [7, 11) is 0. The van der Waals surface area contributed by atoms with E-state index in [1.165, 1.54) is 11.8 Å². The van der Waals surface area contributed by atoms with E-state index in [2.05, 4.69) is 4.98 Å². The largest absolute Gasteiger partial charge is 0.359 e. The molecule has 1 N–H and O–H groups in total. The number of hydrogen-bond acceptors (Lipinski definition) is 2. The van der Waals surface area contributed by atoms with E-state index in [-0.39, 0.29) is 5.78 Å². The smallest absolute Gasteiger partial charge is 0.189 e. The average molecular weight is 286 g/mol. The van der Waals surface area contributed by atoms with Crippen LogP contribution >= 0.6 is 35.0 Å². The zero-order chi connectivity index (χ0) is 12.3. The molecular formula is C12H9Cl2NOS. The van der Waals surface area contributed by atoms with Crippen molar-refractivity contribution in [3.05, 3.63) is 52.3 Å².